The van der Waals surface area contributed by atoms with Crippen molar-refractivity contribution in [3.8, 4) is 5.75 Å². The molecule has 1 unspecified atom stereocenters. The molecule has 1 atom stereocenters. The number of hydrogen-bond donors (Lipinski definition) is 1. The molecule has 0 aliphatic rings. The highest BCUT2D eigenvalue weighted by Gasteiger charge is 2.37. The van der Waals surface area contributed by atoms with Crippen LogP contribution in [-0.4, -0.2) is 51.9 Å². The highest BCUT2D eigenvalue weighted by atomic mass is 35.5. The van der Waals surface area contributed by atoms with Gasteiger partial charge in [0.1, 0.15) is 18.3 Å². The molecular weight excluding hydrogens is 643 g/mol. The summed E-state index contributed by atoms with van der Waals surface area (Å²) in [5.74, 6) is -0.913. The van der Waals surface area contributed by atoms with E-state index in [-0.39, 0.29) is 22.9 Å². The Bertz CT molecular complexity index is 1770. The van der Waals surface area contributed by atoms with E-state index in [2.05, 4.69) is 5.32 Å². The lowest BCUT2D eigenvalue weighted by atomic mass is 10.0. The van der Waals surface area contributed by atoms with Crippen molar-refractivity contribution in [2.75, 3.05) is 25.0 Å². The molecule has 4 aromatic rings. The number of nitrogens with one attached hydrogen (secondary N) is 1. The molecule has 0 fully saturated rings. The van der Waals surface area contributed by atoms with E-state index in [0.29, 0.717) is 27.2 Å². The zero-order chi connectivity index (χ0) is 33.5. The van der Waals surface area contributed by atoms with Gasteiger partial charge in [-0.05, 0) is 53.6 Å². The molecule has 46 heavy (non-hydrogen) atoms. The Balaban J connectivity index is 1.86. The number of carbonyl (C=O) groups excluding carboxylic acids is 2. The molecule has 2 amide bonds. The van der Waals surface area contributed by atoms with Crippen LogP contribution in [0.2, 0.25) is 5.02 Å². The molecule has 4 aromatic carbocycles. The standard InChI is InChI=1S/C33H31ClF3N3O5S/c1-38-32(42)30(19-23-10-5-3-6-11-23)39(21-24-12-9-13-26(18-24)45-2)31(41)22-40(46(43,44)27-14-7-4-8-15-27)29-20-25(33(35,36)37)16-17-28(29)34/h3-18,20,30H,19,21-22H2,1-2H3,(H,38,42). The first-order chi connectivity index (χ1) is 21.8. The Labute approximate surface area is 270 Å². The maximum absolute atomic E-state index is 14.4. The van der Waals surface area contributed by atoms with Crippen LogP contribution in [0.1, 0.15) is 16.7 Å². The predicted octanol–water partition coefficient (Wildman–Crippen LogP) is 5.95. The molecule has 1 N–H and O–H groups in total. The van der Waals surface area contributed by atoms with E-state index >= 15 is 0 Å². The number of sulfonamides is 1. The van der Waals surface area contributed by atoms with Crippen molar-refractivity contribution in [3.05, 3.63) is 125 Å². The molecule has 0 spiro atoms. The van der Waals surface area contributed by atoms with E-state index in [1.54, 1.807) is 60.7 Å². The van der Waals surface area contributed by atoms with E-state index in [0.717, 1.165) is 12.1 Å². The fourth-order valence-electron chi connectivity index (χ4n) is 4.80. The number of alkyl halides is 3. The summed E-state index contributed by atoms with van der Waals surface area (Å²) in [7, 11) is -1.77. The molecule has 13 heteroatoms. The van der Waals surface area contributed by atoms with Crippen molar-refractivity contribution >= 4 is 39.1 Å². The minimum absolute atomic E-state index is 0.0615. The quantitative estimate of drug-likeness (QED) is 0.201. The summed E-state index contributed by atoms with van der Waals surface area (Å²) in [5, 5.41) is 2.24. The number of amides is 2. The van der Waals surface area contributed by atoms with E-state index < -0.39 is 51.9 Å². The Hall–Kier alpha value is -4.55. The van der Waals surface area contributed by atoms with Crippen LogP contribution in [-0.2, 0) is 38.8 Å². The first-order valence-electron chi connectivity index (χ1n) is 14.0. The molecule has 4 rings (SSSR count). The minimum Gasteiger partial charge on any atom is -0.497 e. The van der Waals surface area contributed by atoms with Gasteiger partial charge in [0.15, 0.2) is 0 Å². The molecule has 0 saturated carbocycles. The van der Waals surface area contributed by atoms with E-state index in [1.807, 2.05) is 0 Å². The van der Waals surface area contributed by atoms with Gasteiger partial charge in [0.25, 0.3) is 10.0 Å². The van der Waals surface area contributed by atoms with Gasteiger partial charge in [-0.1, -0.05) is 72.3 Å². The third kappa shape index (κ3) is 8.18. The Morgan fingerprint density at radius 3 is 2.13 bits per heavy atom. The SMILES string of the molecule is CNC(=O)C(Cc1ccccc1)N(Cc1cccc(OC)c1)C(=O)CN(c1cc(C(F)(F)F)ccc1Cl)S(=O)(=O)c1ccccc1. The summed E-state index contributed by atoms with van der Waals surface area (Å²) in [4.78, 5) is 28.6. The van der Waals surface area contributed by atoms with E-state index in [4.69, 9.17) is 16.3 Å². The van der Waals surface area contributed by atoms with Gasteiger partial charge in [0.2, 0.25) is 11.8 Å². The van der Waals surface area contributed by atoms with Gasteiger partial charge >= 0.3 is 6.18 Å². The van der Waals surface area contributed by atoms with Gasteiger partial charge in [-0.3, -0.25) is 13.9 Å². The Morgan fingerprint density at radius 1 is 0.891 bits per heavy atom. The zero-order valence-corrected chi connectivity index (χ0v) is 26.4. The summed E-state index contributed by atoms with van der Waals surface area (Å²) in [6.07, 6.45) is -4.77. The average Bonchev–Trinajstić information content (AvgIpc) is 3.05. The Kier molecular flexibility index (Phi) is 11.0. The van der Waals surface area contributed by atoms with Crippen molar-refractivity contribution < 1.29 is 35.9 Å². The lowest BCUT2D eigenvalue weighted by Crippen LogP contribution is -2.53. The second-order valence-corrected chi connectivity index (χ2v) is 12.5. The fraction of sp³-hybridized carbons (Fsp3) is 0.212. The number of anilines is 1. The molecule has 0 heterocycles. The molecular formula is C33H31ClF3N3O5S. The van der Waals surface area contributed by atoms with Gasteiger partial charge < -0.3 is 15.0 Å². The van der Waals surface area contributed by atoms with Crippen LogP contribution in [0.3, 0.4) is 0 Å². The topological polar surface area (TPSA) is 96.0 Å². The number of likely N-dealkylation sites (N-methyl/N-ethyl adjacent to an activating group) is 1. The molecule has 0 aliphatic heterocycles. The number of methoxy groups -OCH3 is 1. The number of hydrogen-bond acceptors (Lipinski definition) is 5. The molecule has 0 aromatic heterocycles. The smallest absolute Gasteiger partial charge is 0.416 e. The highest BCUT2D eigenvalue weighted by molar-refractivity contribution is 7.92. The summed E-state index contributed by atoms with van der Waals surface area (Å²) < 4.78 is 75.2. The number of halogens is 4. The second-order valence-electron chi connectivity index (χ2n) is 10.2. The van der Waals surface area contributed by atoms with E-state index in [1.165, 1.54) is 43.3 Å². The third-order valence-electron chi connectivity index (χ3n) is 7.16. The van der Waals surface area contributed by atoms with Gasteiger partial charge in [-0.15, -0.1) is 0 Å². The summed E-state index contributed by atoms with van der Waals surface area (Å²) in [5.41, 5.74) is -0.429. The number of rotatable bonds is 12. The molecule has 242 valence electrons. The van der Waals surface area contributed by atoms with Gasteiger partial charge in [0.05, 0.1) is 28.3 Å². The molecule has 8 nitrogen and oxygen atoms in total. The van der Waals surface area contributed by atoms with Crippen molar-refractivity contribution in [3.63, 3.8) is 0 Å². The van der Waals surface area contributed by atoms with Crippen LogP contribution in [0.5, 0.6) is 5.75 Å². The summed E-state index contributed by atoms with van der Waals surface area (Å²) >= 11 is 6.33. The van der Waals surface area contributed by atoms with Crippen molar-refractivity contribution in [1.82, 2.24) is 10.2 Å². The first kappa shape index (κ1) is 34.3. The molecule has 0 aliphatic carbocycles. The van der Waals surface area contributed by atoms with Crippen molar-refractivity contribution in [2.24, 2.45) is 0 Å². The van der Waals surface area contributed by atoms with Gasteiger partial charge in [-0.25, -0.2) is 8.42 Å². The number of nitrogens with zero attached hydrogens (tertiary/aromatic N) is 2. The lowest BCUT2D eigenvalue weighted by molar-refractivity contribution is -0.139. The zero-order valence-electron chi connectivity index (χ0n) is 24.9. The monoisotopic (exact) mass is 673 g/mol. The fourth-order valence-corrected chi connectivity index (χ4v) is 6.52. The molecule has 0 bridgehead atoms. The normalized spacial score (nSPS) is 12.2. The lowest BCUT2D eigenvalue weighted by Gasteiger charge is -2.34. The van der Waals surface area contributed by atoms with Gasteiger partial charge in [-0.2, -0.15) is 13.2 Å². The van der Waals surface area contributed by atoms with Crippen LogP contribution in [0.15, 0.2) is 108 Å². The Morgan fingerprint density at radius 2 is 1.52 bits per heavy atom. The summed E-state index contributed by atoms with van der Waals surface area (Å²) in [6.45, 7) is -1.12. The van der Waals surface area contributed by atoms with Crippen LogP contribution in [0.4, 0.5) is 18.9 Å². The maximum atomic E-state index is 14.4. The highest BCUT2D eigenvalue weighted by Crippen LogP contribution is 2.37. The van der Waals surface area contributed by atoms with Crippen LogP contribution in [0.25, 0.3) is 0 Å². The largest absolute Gasteiger partial charge is 0.497 e. The van der Waals surface area contributed by atoms with Crippen molar-refractivity contribution in [1.29, 1.82) is 0 Å². The van der Waals surface area contributed by atoms with Crippen LogP contribution in [0, 0.1) is 0 Å². The number of benzene rings is 4. The first-order valence-corrected chi connectivity index (χ1v) is 15.8. The third-order valence-corrected chi connectivity index (χ3v) is 9.25. The predicted molar refractivity (Wildman–Crippen MR) is 169 cm³/mol. The summed E-state index contributed by atoms with van der Waals surface area (Å²) in [6, 6.07) is 23.7. The maximum Gasteiger partial charge on any atom is 0.416 e. The average molecular weight is 674 g/mol. The number of carbonyl (C=O) groups is 2. The van der Waals surface area contributed by atoms with Gasteiger partial charge in [0, 0.05) is 20.0 Å². The molecule has 0 saturated heterocycles. The second kappa shape index (κ2) is 14.7. The van der Waals surface area contributed by atoms with Crippen LogP contribution >= 0.6 is 11.6 Å². The van der Waals surface area contributed by atoms with E-state index in [9.17, 15) is 31.2 Å². The van der Waals surface area contributed by atoms with Crippen LogP contribution < -0.4 is 14.4 Å². The number of ether oxygens (including phenoxy) is 1. The minimum atomic E-state index is -4.83. The van der Waals surface area contributed by atoms with Crippen molar-refractivity contribution in [2.45, 2.75) is 30.1 Å². The molecule has 0 radical (unpaired) electrons.